The van der Waals surface area contributed by atoms with Crippen molar-refractivity contribution < 1.29 is 9.21 Å². The first-order chi connectivity index (χ1) is 9.33. The average Bonchev–Trinajstić information content (AvgIpc) is 2.97. The van der Waals surface area contributed by atoms with Gasteiger partial charge in [-0.3, -0.25) is 4.79 Å². The van der Waals surface area contributed by atoms with Gasteiger partial charge in [0.2, 0.25) is 0 Å². The van der Waals surface area contributed by atoms with Crippen LogP contribution in [0.25, 0.3) is 0 Å². The van der Waals surface area contributed by atoms with Crippen LogP contribution in [0, 0.1) is 5.92 Å². The van der Waals surface area contributed by atoms with Crippen molar-refractivity contribution in [1.82, 2.24) is 0 Å². The van der Waals surface area contributed by atoms with Crippen molar-refractivity contribution >= 4 is 5.78 Å². The Kier molecular flexibility index (Phi) is 3.49. The molecule has 0 spiro atoms. The van der Waals surface area contributed by atoms with Gasteiger partial charge in [-0.1, -0.05) is 24.3 Å². The molecule has 0 fully saturated rings. The van der Waals surface area contributed by atoms with Crippen molar-refractivity contribution in [3.63, 3.8) is 0 Å². The van der Waals surface area contributed by atoms with Crippen LogP contribution in [0.2, 0.25) is 0 Å². The summed E-state index contributed by atoms with van der Waals surface area (Å²) in [6.07, 6.45) is 5.93. The number of benzene rings is 1. The molecule has 1 aliphatic carbocycles. The second-order valence-corrected chi connectivity index (χ2v) is 5.25. The fourth-order valence-corrected chi connectivity index (χ4v) is 2.88. The van der Waals surface area contributed by atoms with Gasteiger partial charge in [0.15, 0.2) is 0 Å². The molecule has 1 aromatic carbocycles. The van der Waals surface area contributed by atoms with Crippen LogP contribution in [-0.4, -0.2) is 5.78 Å². The summed E-state index contributed by atoms with van der Waals surface area (Å²) < 4.78 is 5.28. The predicted octanol–water partition coefficient (Wildman–Crippen LogP) is 3.59. The maximum Gasteiger partial charge on any atom is 0.136 e. The molecular formula is C17H18O2. The Morgan fingerprint density at radius 2 is 2.00 bits per heavy atom. The predicted molar refractivity (Wildman–Crippen MR) is 74.0 cm³/mol. The summed E-state index contributed by atoms with van der Waals surface area (Å²) in [7, 11) is 0. The lowest BCUT2D eigenvalue weighted by atomic mass is 9.81. The van der Waals surface area contributed by atoms with Gasteiger partial charge in [0.1, 0.15) is 11.5 Å². The van der Waals surface area contributed by atoms with E-state index >= 15 is 0 Å². The van der Waals surface area contributed by atoms with E-state index in [0.29, 0.717) is 12.2 Å². The lowest BCUT2D eigenvalue weighted by Crippen LogP contribution is -2.22. The molecule has 1 atom stereocenters. The first kappa shape index (κ1) is 12.2. The molecule has 1 aliphatic rings. The van der Waals surface area contributed by atoms with E-state index < -0.39 is 0 Å². The van der Waals surface area contributed by atoms with Crippen molar-refractivity contribution in [2.75, 3.05) is 0 Å². The average molecular weight is 254 g/mol. The Morgan fingerprint density at radius 1 is 1.16 bits per heavy atom. The van der Waals surface area contributed by atoms with Crippen molar-refractivity contribution in [2.45, 2.75) is 32.1 Å². The van der Waals surface area contributed by atoms with Crippen molar-refractivity contribution in [3.05, 3.63) is 59.5 Å². The second-order valence-electron chi connectivity index (χ2n) is 5.25. The van der Waals surface area contributed by atoms with E-state index in [4.69, 9.17) is 4.42 Å². The number of fused-ring (bicyclic) bond motifs is 1. The lowest BCUT2D eigenvalue weighted by Gasteiger charge is -2.23. The van der Waals surface area contributed by atoms with Gasteiger partial charge < -0.3 is 4.42 Å². The first-order valence-corrected chi connectivity index (χ1v) is 6.95. The van der Waals surface area contributed by atoms with Gasteiger partial charge in [0, 0.05) is 18.8 Å². The second kappa shape index (κ2) is 5.43. The zero-order valence-corrected chi connectivity index (χ0v) is 11.0. The molecule has 1 unspecified atom stereocenters. The number of carbonyl (C=O) groups is 1. The number of hydrogen-bond donors (Lipinski definition) is 0. The zero-order valence-electron chi connectivity index (χ0n) is 11.0. The monoisotopic (exact) mass is 254 g/mol. The molecule has 0 saturated carbocycles. The van der Waals surface area contributed by atoms with E-state index in [1.807, 2.05) is 12.1 Å². The number of rotatable bonds is 4. The lowest BCUT2D eigenvalue weighted by molar-refractivity contribution is -0.123. The Morgan fingerprint density at radius 3 is 2.79 bits per heavy atom. The fourth-order valence-electron chi connectivity index (χ4n) is 2.88. The van der Waals surface area contributed by atoms with Gasteiger partial charge in [-0.25, -0.2) is 0 Å². The van der Waals surface area contributed by atoms with Crippen LogP contribution in [0.1, 0.15) is 29.7 Å². The number of aryl methyl sites for hydroxylation is 2. The highest BCUT2D eigenvalue weighted by Crippen LogP contribution is 2.27. The minimum atomic E-state index is 0.199. The maximum absolute atomic E-state index is 12.3. The van der Waals surface area contributed by atoms with Crippen molar-refractivity contribution in [3.8, 4) is 0 Å². The number of carbonyl (C=O) groups excluding carboxylic acids is 1. The van der Waals surface area contributed by atoms with Gasteiger partial charge in [-0.15, -0.1) is 0 Å². The molecule has 0 aliphatic heterocycles. The SMILES string of the molecule is O=C(CCc1ccco1)C1CCc2ccccc2C1. The summed E-state index contributed by atoms with van der Waals surface area (Å²) >= 11 is 0. The molecule has 0 amide bonds. The molecule has 98 valence electrons. The Hall–Kier alpha value is -1.83. The van der Waals surface area contributed by atoms with Gasteiger partial charge in [0.05, 0.1) is 6.26 Å². The number of Topliss-reactive ketones (excluding diaryl/α,β-unsaturated/α-hetero) is 1. The third kappa shape index (κ3) is 2.78. The van der Waals surface area contributed by atoms with Crippen LogP contribution in [0.15, 0.2) is 47.1 Å². The minimum absolute atomic E-state index is 0.199. The molecule has 0 N–H and O–H groups in total. The summed E-state index contributed by atoms with van der Waals surface area (Å²) in [5.74, 6) is 1.49. The smallest absolute Gasteiger partial charge is 0.136 e. The molecular weight excluding hydrogens is 236 g/mol. The molecule has 1 aromatic heterocycles. The molecule has 2 aromatic rings. The van der Waals surface area contributed by atoms with E-state index in [-0.39, 0.29) is 5.92 Å². The number of furan rings is 1. The molecule has 3 rings (SSSR count). The molecule has 0 saturated heterocycles. The molecule has 19 heavy (non-hydrogen) atoms. The highest BCUT2D eigenvalue weighted by Gasteiger charge is 2.23. The van der Waals surface area contributed by atoms with Crippen LogP contribution in [0.4, 0.5) is 0 Å². The van der Waals surface area contributed by atoms with Gasteiger partial charge in [-0.2, -0.15) is 0 Å². The first-order valence-electron chi connectivity index (χ1n) is 6.95. The van der Waals surface area contributed by atoms with E-state index in [1.54, 1.807) is 6.26 Å². The summed E-state index contributed by atoms with van der Waals surface area (Å²) in [5.41, 5.74) is 2.77. The Bertz CT molecular complexity index is 554. The maximum atomic E-state index is 12.3. The van der Waals surface area contributed by atoms with Gasteiger partial charge in [-0.05, 0) is 42.5 Å². The summed E-state index contributed by atoms with van der Waals surface area (Å²) in [6, 6.07) is 12.3. The third-order valence-electron chi connectivity index (χ3n) is 4.00. The highest BCUT2D eigenvalue weighted by molar-refractivity contribution is 5.81. The quantitative estimate of drug-likeness (QED) is 0.834. The number of ketones is 1. The van der Waals surface area contributed by atoms with Crippen molar-refractivity contribution in [1.29, 1.82) is 0 Å². The Labute approximate surface area is 113 Å². The van der Waals surface area contributed by atoms with Gasteiger partial charge >= 0.3 is 0 Å². The molecule has 0 bridgehead atoms. The van der Waals surface area contributed by atoms with E-state index in [0.717, 1.165) is 31.4 Å². The molecule has 2 nitrogen and oxygen atoms in total. The largest absolute Gasteiger partial charge is 0.469 e. The topological polar surface area (TPSA) is 30.2 Å². The van der Waals surface area contributed by atoms with E-state index in [9.17, 15) is 4.79 Å². The third-order valence-corrected chi connectivity index (χ3v) is 4.00. The summed E-state index contributed by atoms with van der Waals surface area (Å²) in [5, 5.41) is 0. The molecule has 1 heterocycles. The summed E-state index contributed by atoms with van der Waals surface area (Å²) in [6.45, 7) is 0. The van der Waals surface area contributed by atoms with Crippen LogP contribution < -0.4 is 0 Å². The van der Waals surface area contributed by atoms with Crippen LogP contribution in [0.5, 0.6) is 0 Å². The molecule has 2 heteroatoms. The summed E-state index contributed by atoms with van der Waals surface area (Å²) in [4.78, 5) is 12.3. The van der Waals surface area contributed by atoms with Gasteiger partial charge in [0.25, 0.3) is 0 Å². The zero-order chi connectivity index (χ0) is 13.1. The van der Waals surface area contributed by atoms with Crippen molar-refractivity contribution in [2.24, 2.45) is 5.92 Å². The number of hydrogen-bond acceptors (Lipinski definition) is 2. The highest BCUT2D eigenvalue weighted by atomic mass is 16.3. The van der Waals surface area contributed by atoms with Crippen LogP contribution in [-0.2, 0) is 24.1 Å². The van der Waals surface area contributed by atoms with E-state index in [2.05, 4.69) is 24.3 Å². The van der Waals surface area contributed by atoms with E-state index in [1.165, 1.54) is 11.1 Å². The molecule has 0 radical (unpaired) electrons. The Balaban J connectivity index is 1.60. The minimum Gasteiger partial charge on any atom is -0.469 e. The standard InChI is InChI=1S/C17H18O2/c18-17(10-9-16-6-3-11-19-16)15-8-7-13-4-1-2-5-14(13)12-15/h1-6,11,15H,7-10,12H2. The fraction of sp³-hybridized carbons (Fsp3) is 0.353. The van der Waals surface area contributed by atoms with Crippen LogP contribution >= 0.6 is 0 Å². The van der Waals surface area contributed by atoms with Crippen LogP contribution in [0.3, 0.4) is 0 Å². The normalized spacial score (nSPS) is 18.0.